The molecule has 4 nitrogen and oxygen atoms in total. The Bertz CT molecular complexity index is 1390. The van der Waals surface area contributed by atoms with Crippen LogP contribution in [0.5, 0.6) is 5.75 Å². The average Bonchev–Trinajstić information content (AvgIpc) is 3.12. The molecule has 0 unspecified atom stereocenters. The van der Waals surface area contributed by atoms with Crippen molar-refractivity contribution >= 4 is 27.7 Å². The van der Waals surface area contributed by atoms with Gasteiger partial charge >= 0.3 is 0 Å². The summed E-state index contributed by atoms with van der Waals surface area (Å²) in [5, 5.41) is 1.76. The van der Waals surface area contributed by atoms with Crippen molar-refractivity contribution in [2.75, 3.05) is 0 Å². The van der Waals surface area contributed by atoms with Crippen LogP contribution in [-0.2, 0) is 13.2 Å². The molecular formula is C27H21N2O2. The van der Waals surface area contributed by atoms with Crippen LogP contribution >= 0.6 is 0 Å². The molecule has 1 aromatic heterocycles. The third-order valence-corrected chi connectivity index (χ3v) is 5.46. The third kappa shape index (κ3) is 3.64. The lowest BCUT2D eigenvalue weighted by Gasteiger charge is -2.11. The summed E-state index contributed by atoms with van der Waals surface area (Å²) >= 11 is 0. The van der Waals surface area contributed by atoms with Crippen LogP contribution in [0.2, 0.25) is 0 Å². The van der Waals surface area contributed by atoms with Gasteiger partial charge in [0.2, 0.25) is 5.91 Å². The highest BCUT2D eigenvalue weighted by Gasteiger charge is 2.16. The first-order valence-corrected chi connectivity index (χ1v) is 10.2. The quantitative estimate of drug-likeness (QED) is 0.416. The number of hydrogen-bond donors (Lipinski definition) is 1. The van der Waals surface area contributed by atoms with Gasteiger partial charge in [-0.3, -0.25) is 4.79 Å². The molecule has 1 radical (unpaired) electrons. The Morgan fingerprint density at radius 2 is 1.65 bits per heavy atom. The number of amides is 1. The summed E-state index contributed by atoms with van der Waals surface area (Å²) in [6, 6.07) is 33.1. The van der Waals surface area contributed by atoms with E-state index in [-0.39, 0.29) is 0 Å². The first-order chi connectivity index (χ1) is 15.2. The van der Waals surface area contributed by atoms with E-state index in [1.807, 2.05) is 60.7 Å². The average molecular weight is 405 g/mol. The van der Waals surface area contributed by atoms with Gasteiger partial charge in [0.1, 0.15) is 12.4 Å². The SMILES string of the molecule is NC(=O)c1cccc2c1c1[c]cccc1n2Cc1cccc(OCc2ccccc2)c1. The molecule has 4 aromatic carbocycles. The van der Waals surface area contributed by atoms with Crippen molar-refractivity contribution in [3.05, 3.63) is 114 Å². The lowest BCUT2D eigenvalue weighted by Crippen LogP contribution is -2.11. The highest BCUT2D eigenvalue weighted by molar-refractivity contribution is 6.17. The first-order valence-electron chi connectivity index (χ1n) is 10.2. The molecule has 0 saturated carbocycles. The molecule has 0 bridgehead atoms. The Kier molecular flexibility index (Phi) is 4.89. The van der Waals surface area contributed by atoms with E-state index in [9.17, 15) is 4.79 Å². The largest absolute Gasteiger partial charge is 0.489 e. The number of nitrogens with zero attached hydrogens (tertiary/aromatic N) is 1. The van der Waals surface area contributed by atoms with E-state index in [1.54, 1.807) is 6.07 Å². The zero-order valence-electron chi connectivity index (χ0n) is 16.9. The molecule has 0 fully saturated rings. The number of benzene rings is 4. The molecule has 0 saturated heterocycles. The van der Waals surface area contributed by atoms with E-state index in [0.29, 0.717) is 18.7 Å². The lowest BCUT2D eigenvalue weighted by molar-refractivity contribution is 0.100. The predicted molar refractivity (Wildman–Crippen MR) is 123 cm³/mol. The molecule has 0 atom stereocenters. The molecule has 151 valence electrons. The molecule has 1 amide bonds. The van der Waals surface area contributed by atoms with Crippen molar-refractivity contribution < 1.29 is 9.53 Å². The monoisotopic (exact) mass is 405 g/mol. The van der Waals surface area contributed by atoms with Gasteiger partial charge in [0.15, 0.2) is 0 Å². The maximum absolute atomic E-state index is 12.0. The molecule has 0 aliphatic rings. The summed E-state index contributed by atoms with van der Waals surface area (Å²) in [4.78, 5) is 12.0. The fourth-order valence-corrected chi connectivity index (χ4v) is 4.04. The van der Waals surface area contributed by atoms with E-state index >= 15 is 0 Å². The molecule has 31 heavy (non-hydrogen) atoms. The number of carbonyl (C=O) groups excluding carboxylic acids is 1. The summed E-state index contributed by atoms with van der Waals surface area (Å²) in [7, 11) is 0. The number of aromatic nitrogens is 1. The van der Waals surface area contributed by atoms with Crippen molar-refractivity contribution in [2.45, 2.75) is 13.2 Å². The minimum Gasteiger partial charge on any atom is -0.489 e. The molecule has 0 aliphatic carbocycles. The number of rotatable bonds is 6. The molecular weight excluding hydrogens is 384 g/mol. The zero-order chi connectivity index (χ0) is 21.2. The van der Waals surface area contributed by atoms with Crippen LogP contribution < -0.4 is 10.5 Å². The second-order valence-corrected chi connectivity index (χ2v) is 7.50. The zero-order valence-corrected chi connectivity index (χ0v) is 16.9. The van der Waals surface area contributed by atoms with Crippen LogP contribution in [0.25, 0.3) is 21.8 Å². The maximum atomic E-state index is 12.0. The number of ether oxygens (including phenoxy) is 1. The molecule has 5 rings (SSSR count). The van der Waals surface area contributed by atoms with Crippen LogP contribution in [0.3, 0.4) is 0 Å². The van der Waals surface area contributed by atoms with Crippen molar-refractivity contribution in [3.63, 3.8) is 0 Å². The van der Waals surface area contributed by atoms with E-state index in [2.05, 4.69) is 34.9 Å². The number of carbonyl (C=O) groups is 1. The molecule has 2 N–H and O–H groups in total. The fraction of sp³-hybridized carbons (Fsp3) is 0.0741. The number of fused-ring (bicyclic) bond motifs is 3. The van der Waals surface area contributed by atoms with Gasteiger partial charge in [-0.1, -0.05) is 60.7 Å². The van der Waals surface area contributed by atoms with E-state index < -0.39 is 5.91 Å². The fourth-order valence-electron chi connectivity index (χ4n) is 4.04. The van der Waals surface area contributed by atoms with Gasteiger partial charge < -0.3 is 15.0 Å². The molecule has 0 spiro atoms. The van der Waals surface area contributed by atoms with Crippen LogP contribution in [0.15, 0.2) is 91.0 Å². The first kappa shape index (κ1) is 18.9. The van der Waals surface area contributed by atoms with E-state index in [1.165, 1.54) is 0 Å². The van der Waals surface area contributed by atoms with E-state index in [4.69, 9.17) is 10.5 Å². The van der Waals surface area contributed by atoms with Gasteiger partial charge in [0, 0.05) is 22.9 Å². The van der Waals surface area contributed by atoms with Crippen LogP contribution in [0, 0.1) is 6.07 Å². The molecule has 5 aromatic rings. The number of hydrogen-bond acceptors (Lipinski definition) is 2. The van der Waals surface area contributed by atoms with Gasteiger partial charge in [-0.15, -0.1) is 0 Å². The van der Waals surface area contributed by atoms with Gasteiger partial charge in [-0.25, -0.2) is 0 Å². The van der Waals surface area contributed by atoms with Crippen molar-refractivity contribution in [1.82, 2.24) is 4.57 Å². The third-order valence-electron chi connectivity index (χ3n) is 5.46. The summed E-state index contributed by atoms with van der Waals surface area (Å²) in [6.45, 7) is 1.17. The lowest BCUT2D eigenvalue weighted by atomic mass is 10.1. The minimum absolute atomic E-state index is 0.432. The highest BCUT2D eigenvalue weighted by Crippen LogP contribution is 2.32. The van der Waals surface area contributed by atoms with Crippen LogP contribution in [0.4, 0.5) is 0 Å². The van der Waals surface area contributed by atoms with Gasteiger partial charge in [0.25, 0.3) is 0 Å². The number of primary amides is 1. The molecule has 0 aliphatic heterocycles. The normalized spacial score (nSPS) is 11.1. The highest BCUT2D eigenvalue weighted by atomic mass is 16.5. The van der Waals surface area contributed by atoms with E-state index in [0.717, 1.165) is 38.7 Å². The van der Waals surface area contributed by atoms with Gasteiger partial charge in [0.05, 0.1) is 11.0 Å². The standard InChI is InChI=1S/C27H21N2O2/c28-27(30)23-13-7-15-25-26(23)22-12-4-5-14-24(22)29(25)17-20-10-6-11-21(16-20)31-18-19-8-2-1-3-9-19/h1-11,13-16H,17-18H2,(H2,28,30). The van der Waals surface area contributed by atoms with Crippen molar-refractivity contribution in [2.24, 2.45) is 5.73 Å². The summed E-state index contributed by atoms with van der Waals surface area (Å²) in [5.74, 6) is 0.393. The van der Waals surface area contributed by atoms with Crippen molar-refractivity contribution in [3.8, 4) is 5.75 Å². The predicted octanol–water partition coefficient (Wildman–Crippen LogP) is 5.32. The smallest absolute Gasteiger partial charge is 0.249 e. The number of nitrogens with two attached hydrogens (primary N) is 1. The Hall–Kier alpha value is -4.05. The Labute approximate surface area is 180 Å². The van der Waals surface area contributed by atoms with Gasteiger partial charge in [-0.2, -0.15) is 0 Å². The van der Waals surface area contributed by atoms with Crippen LogP contribution in [-0.4, -0.2) is 10.5 Å². The molecule has 1 heterocycles. The Balaban J connectivity index is 1.52. The summed E-state index contributed by atoms with van der Waals surface area (Å²) < 4.78 is 8.20. The Morgan fingerprint density at radius 1 is 0.871 bits per heavy atom. The molecule has 4 heteroatoms. The minimum atomic E-state index is -0.432. The maximum Gasteiger partial charge on any atom is 0.249 e. The summed E-state index contributed by atoms with van der Waals surface area (Å²) in [5.41, 5.74) is 10.4. The summed E-state index contributed by atoms with van der Waals surface area (Å²) in [6.07, 6.45) is 0. The second kappa shape index (κ2) is 8.00. The topological polar surface area (TPSA) is 57.2 Å². The van der Waals surface area contributed by atoms with Gasteiger partial charge in [-0.05, 0) is 47.5 Å². The van der Waals surface area contributed by atoms with Crippen LogP contribution in [0.1, 0.15) is 21.5 Å². The Morgan fingerprint density at radius 3 is 2.48 bits per heavy atom. The second-order valence-electron chi connectivity index (χ2n) is 7.50. The van der Waals surface area contributed by atoms with Crippen molar-refractivity contribution in [1.29, 1.82) is 0 Å².